The fourth-order valence-electron chi connectivity index (χ4n) is 2.69. The molecule has 0 bridgehead atoms. The van der Waals surface area contributed by atoms with Crippen molar-refractivity contribution in [3.63, 3.8) is 0 Å². The molecule has 0 fully saturated rings. The summed E-state index contributed by atoms with van der Waals surface area (Å²) in [6.45, 7) is 1.94. The number of carbonyl (C=O) groups is 1. The highest BCUT2D eigenvalue weighted by atomic mass is 35.5. The molecule has 26 heavy (non-hydrogen) atoms. The number of amides is 1. The first-order valence-electron chi connectivity index (χ1n) is 8.13. The SMILES string of the molecule is COc1ccc(Cl)cc1CC(=O)N[C@H](C)c1ccc(-n2cncn2)cc1. The second-order valence-electron chi connectivity index (χ2n) is 5.85. The molecule has 6 nitrogen and oxygen atoms in total. The topological polar surface area (TPSA) is 69.0 Å². The van der Waals surface area contributed by atoms with Gasteiger partial charge in [-0.3, -0.25) is 4.79 Å². The van der Waals surface area contributed by atoms with Gasteiger partial charge in [0.05, 0.1) is 25.3 Å². The van der Waals surface area contributed by atoms with E-state index in [9.17, 15) is 4.79 Å². The predicted octanol–water partition coefficient (Wildman–Crippen LogP) is 3.35. The van der Waals surface area contributed by atoms with E-state index in [2.05, 4.69) is 15.4 Å². The molecule has 1 atom stereocenters. The highest BCUT2D eigenvalue weighted by molar-refractivity contribution is 6.30. The van der Waals surface area contributed by atoms with Gasteiger partial charge < -0.3 is 10.1 Å². The Balaban J connectivity index is 1.65. The van der Waals surface area contributed by atoms with Crippen molar-refractivity contribution in [3.05, 3.63) is 71.3 Å². The molecule has 0 spiro atoms. The van der Waals surface area contributed by atoms with Crippen LogP contribution >= 0.6 is 11.6 Å². The van der Waals surface area contributed by atoms with Crippen molar-refractivity contribution in [1.82, 2.24) is 20.1 Å². The van der Waals surface area contributed by atoms with E-state index in [1.807, 2.05) is 31.2 Å². The van der Waals surface area contributed by atoms with Crippen molar-refractivity contribution >= 4 is 17.5 Å². The van der Waals surface area contributed by atoms with E-state index in [0.717, 1.165) is 16.8 Å². The summed E-state index contributed by atoms with van der Waals surface area (Å²) in [7, 11) is 1.57. The predicted molar refractivity (Wildman–Crippen MR) is 99.6 cm³/mol. The van der Waals surface area contributed by atoms with Crippen LogP contribution in [0.3, 0.4) is 0 Å². The number of nitrogens with zero attached hydrogens (tertiary/aromatic N) is 3. The molecule has 0 aliphatic carbocycles. The van der Waals surface area contributed by atoms with Crippen LogP contribution in [0.5, 0.6) is 5.75 Å². The Bertz CT molecular complexity index is 879. The van der Waals surface area contributed by atoms with Gasteiger partial charge in [-0.15, -0.1) is 0 Å². The van der Waals surface area contributed by atoms with Gasteiger partial charge in [-0.05, 0) is 42.8 Å². The summed E-state index contributed by atoms with van der Waals surface area (Å²) in [5.74, 6) is 0.549. The normalized spacial score (nSPS) is 11.8. The number of nitrogens with one attached hydrogen (secondary N) is 1. The van der Waals surface area contributed by atoms with E-state index < -0.39 is 0 Å². The minimum Gasteiger partial charge on any atom is -0.496 e. The maximum atomic E-state index is 12.4. The summed E-state index contributed by atoms with van der Waals surface area (Å²) >= 11 is 6.02. The summed E-state index contributed by atoms with van der Waals surface area (Å²) in [5, 5.41) is 7.66. The average molecular weight is 371 g/mol. The largest absolute Gasteiger partial charge is 0.496 e. The third-order valence-corrected chi connectivity index (χ3v) is 4.28. The van der Waals surface area contributed by atoms with E-state index >= 15 is 0 Å². The van der Waals surface area contributed by atoms with Crippen LogP contribution in [0.1, 0.15) is 24.1 Å². The second kappa shape index (κ2) is 8.01. The van der Waals surface area contributed by atoms with Crippen LogP contribution in [0.15, 0.2) is 55.1 Å². The van der Waals surface area contributed by atoms with Gasteiger partial charge >= 0.3 is 0 Å². The van der Waals surface area contributed by atoms with Crippen molar-refractivity contribution in [2.45, 2.75) is 19.4 Å². The summed E-state index contributed by atoms with van der Waals surface area (Å²) in [6, 6.07) is 12.9. The van der Waals surface area contributed by atoms with Crippen LogP contribution < -0.4 is 10.1 Å². The van der Waals surface area contributed by atoms with Crippen molar-refractivity contribution in [2.75, 3.05) is 7.11 Å². The van der Waals surface area contributed by atoms with Crippen LogP contribution in [0.4, 0.5) is 0 Å². The molecule has 1 aromatic heterocycles. The van der Waals surface area contributed by atoms with E-state index in [-0.39, 0.29) is 18.4 Å². The zero-order valence-corrected chi connectivity index (χ0v) is 15.3. The Morgan fingerprint density at radius 3 is 2.69 bits per heavy atom. The molecule has 0 unspecified atom stereocenters. The minimum absolute atomic E-state index is 0.0987. The number of rotatable bonds is 6. The molecule has 1 heterocycles. The van der Waals surface area contributed by atoms with Gasteiger partial charge in [0.2, 0.25) is 5.91 Å². The minimum atomic E-state index is -0.127. The third-order valence-electron chi connectivity index (χ3n) is 4.05. The number of ether oxygens (including phenoxy) is 1. The van der Waals surface area contributed by atoms with Gasteiger partial charge in [-0.2, -0.15) is 5.10 Å². The highest BCUT2D eigenvalue weighted by Crippen LogP contribution is 2.23. The van der Waals surface area contributed by atoms with Crippen LogP contribution in [-0.2, 0) is 11.2 Å². The van der Waals surface area contributed by atoms with Crippen LogP contribution in [0.2, 0.25) is 5.02 Å². The number of benzene rings is 2. The maximum absolute atomic E-state index is 12.4. The molecule has 134 valence electrons. The number of hydrogen-bond acceptors (Lipinski definition) is 4. The lowest BCUT2D eigenvalue weighted by Gasteiger charge is -2.16. The summed E-state index contributed by atoms with van der Waals surface area (Å²) in [6.07, 6.45) is 3.32. The van der Waals surface area contributed by atoms with Gasteiger partial charge in [0.1, 0.15) is 18.4 Å². The van der Waals surface area contributed by atoms with Gasteiger partial charge in [0, 0.05) is 10.6 Å². The molecule has 1 N–H and O–H groups in total. The number of halogens is 1. The number of methoxy groups -OCH3 is 1. The maximum Gasteiger partial charge on any atom is 0.225 e. The Hall–Kier alpha value is -2.86. The first-order chi connectivity index (χ1) is 12.6. The van der Waals surface area contributed by atoms with Gasteiger partial charge in [-0.25, -0.2) is 9.67 Å². The molecule has 0 saturated carbocycles. The monoisotopic (exact) mass is 370 g/mol. The second-order valence-corrected chi connectivity index (χ2v) is 6.29. The molecule has 3 rings (SSSR count). The Kier molecular flexibility index (Phi) is 5.53. The summed E-state index contributed by atoms with van der Waals surface area (Å²) in [5.41, 5.74) is 2.67. The molecule has 3 aromatic rings. The Labute approximate surface area is 156 Å². The Morgan fingerprint density at radius 2 is 2.04 bits per heavy atom. The van der Waals surface area contributed by atoms with Crippen molar-refractivity contribution in [3.8, 4) is 11.4 Å². The number of carbonyl (C=O) groups excluding carboxylic acids is 1. The zero-order valence-electron chi connectivity index (χ0n) is 14.5. The first-order valence-corrected chi connectivity index (χ1v) is 8.51. The summed E-state index contributed by atoms with van der Waals surface area (Å²) < 4.78 is 6.97. The molecule has 0 aliphatic rings. The van der Waals surface area contributed by atoms with Crippen molar-refractivity contribution in [2.24, 2.45) is 0 Å². The molecule has 2 aromatic carbocycles. The van der Waals surface area contributed by atoms with Gasteiger partial charge in [0.15, 0.2) is 0 Å². The highest BCUT2D eigenvalue weighted by Gasteiger charge is 2.13. The number of hydrogen-bond donors (Lipinski definition) is 1. The zero-order chi connectivity index (χ0) is 18.5. The molecule has 0 saturated heterocycles. The van der Waals surface area contributed by atoms with E-state index in [4.69, 9.17) is 16.3 Å². The lowest BCUT2D eigenvalue weighted by molar-refractivity contribution is -0.121. The third kappa shape index (κ3) is 4.21. The number of aromatic nitrogens is 3. The summed E-state index contributed by atoms with van der Waals surface area (Å²) in [4.78, 5) is 16.3. The molecule has 7 heteroatoms. The smallest absolute Gasteiger partial charge is 0.225 e. The van der Waals surface area contributed by atoms with Gasteiger partial charge in [0.25, 0.3) is 0 Å². The van der Waals surface area contributed by atoms with E-state index in [1.165, 1.54) is 6.33 Å². The molecular weight excluding hydrogens is 352 g/mol. The molecular formula is C19H19ClN4O2. The van der Waals surface area contributed by atoms with Crippen LogP contribution in [-0.4, -0.2) is 27.8 Å². The molecule has 0 radical (unpaired) electrons. The fourth-order valence-corrected chi connectivity index (χ4v) is 2.89. The molecule has 0 aliphatic heterocycles. The lowest BCUT2D eigenvalue weighted by atomic mass is 10.1. The molecule has 1 amide bonds. The van der Waals surface area contributed by atoms with Gasteiger partial charge in [-0.1, -0.05) is 23.7 Å². The fraction of sp³-hybridized carbons (Fsp3) is 0.211. The average Bonchev–Trinajstić information content (AvgIpc) is 3.16. The van der Waals surface area contributed by atoms with Crippen LogP contribution in [0, 0.1) is 0 Å². The van der Waals surface area contributed by atoms with Crippen molar-refractivity contribution in [1.29, 1.82) is 0 Å². The first kappa shape index (κ1) is 17.9. The quantitative estimate of drug-likeness (QED) is 0.722. The standard InChI is InChI=1S/C19H19ClN4O2/c1-13(14-3-6-17(7-4-14)24-12-21-11-22-24)23-19(25)10-15-9-16(20)5-8-18(15)26-2/h3-9,11-13H,10H2,1-2H3,(H,23,25)/t13-/m1/s1. The van der Waals surface area contributed by atoms with E-state index in [0.29, 0.717) is 10.8 Å². The van der Waals surface area contributed by atoms with Crippen LogP contribution in [0.25, 0.3) is 5.69 Å². The van der Waals surface area contributed by atoms with E-state index in [1.54, 1.807) is 36.3 Å². The Morgan fingerprint density at radius 1 is 1.27 bits per heavy atom. The van der Waals surface area contributed by atoms with Crippen molar-refractivity contribution < 1.29 is 9.53 Å². The lowest BCUT2D eigenvalue weighted by Crippen LogP contribution is -2.28.